The van der Waals surface area contributed by atoms with Crippen LogP contribution in [-0.4, -0.2) is 9.13 Å². The summed E-state index contributed by atoms with van der Waals surface area (Å²) in [6.07, 6.45) is 0. The number of hydrogen-bond donors (Lipinski definition) is 0. The highest BCUT2D eigenvalue weighted by Gasteiger charge is 2.21. The Morgan fingerprint density at radius 2 is 0.927 bits per heavy atom. The van der Waals surface area contributed by atoms with E-state index in [4.69, 9.17) is 4.42 Å². The maximum Gasteiger partial charge on any atom is 0.160 e. The lowest BCUT2D eigenvalue weighted by atomic mass is 10.0. The van der Waals surface area contributed by atoms with E-state index in [2.05, 4.69) is 197 Å². The van der Waals surface area contributed by atoms with Crippen molar-refractivity contribution in [2.75, 3.05) is 0 Å². The zero-order valence-corrected chi connectivity index (χ0v) is 29.8. The zero-order valence-electron chi connectivity index (χ0n) is 29.8. The normalized spacial score (nSPS) is 12.0. The lowest BCUT2D eigenvalue weighted by Crippen LogP contribution is -1.95. The van der Waals surface area contributed by atoms with Crippen LogP contribution in [0.25, 0.3) is 110 Å². The van der Waals surface area contributed by atoms with Crippen molar-refractivity contribution in [3.8, 4) is 33.6 Å². The van der Waals surface area contributed by atoms with Crippen LogP contribution in [0.1, 0.15) is 0 Å². The molecular weight excluding hydrogens is 669 g/mol. The maximum absolute atomic E-state index is 6.72. The van der Waals surface area contributed by atoms with Crippen molar-refractivity contribution in [1.29, 1.82) is 0 Å². The molecule has 9 aromatic carbocycles. The van der Waals surface area contributed by atoms with Crippen molar-refractivity contribution in [3.05, 3.63) is 194 Å². The second kappa shape index (κ2) is 11.6. The van der Waals surface area contributed by atoms with E-state index in [0.29, 0.717) is 0 Å². The van der Waals surface area contributed by atoms with Crippen LogP contribution in [0, 0.1) is 0 Å². The molecule has 0 aliphatic rings. The summed E-state index contributed by atoms with van der Waals surface area (Å²) in [7, 11) is 0. The van der Waals surface area contributed by atoms with Crippen LogP contribution in [0.15, 0.2) is 199 Å². The molecule has 0 bridgehead atoms. The van der Waals surface area contributed by atoms with E-state index in [1.54, 1.807) is 0 Å². The van der Waals surface area contributed by atoms with Crippen LogP contribution >= 0.6 is 0 Å². The predicted molar refractivity (Wildman–Crippen MR) is 231 cm³/mol. The first-order chi connectivity index (χ1) is 27.3. The summed E-state index contributed by atoms with van der Waals surface area (Å²) in [5, 5.41) is 9.59. The summed E-state index contributed by atoms with van der Waals surface area (Å²) in [4.78, 5) is 0. The van der Waals surface area contributed by atoms with Gasteiger partial charge in [-0.3, -0.25) is 0 Å². The summed E-state index contributed by atoms with van der Waals surface area (Å²) in [5.74, 6) is 0. The summed E-state index contributed by atoms with van der Waals surface area (Å²) in [5.41, 5.74) is 13.4. The lowest BCUT2D eigenvalue weighted by Gasteiger charge is -2.11. The number of para-hydroxylation sites is 2. The second-order valence-electron chi connectivity index (χ2n) is 14.5. The van der Waals surface area contributed by atoms with Crippen molar-refractivity contribution in [3.63, 3.8) is 0 Å². The topological polar surface area (TPSA) is 23.0 Å². The number of fused-ring (bicyclic) bond motifs is 11. The Kier molecular flexibility index (Phi) is 6.34. The van der Waals surface area contributed by atoms with Crippen LogP contribution in [-0.2, 0) is 0 Å². The lowest BCUT2D eigenvalue weighted by molar-refractivity contribution is 0.671. The van der Waals surface area contributed by atoms with E-state index in [1.165, 1.54) is 71.3 Å². The fourth-order valence-electron chi connectivity index (χ4n) is 8.93. The summed E-state index contributed by atoms with van der Waals surface area (Å²) in [6.45, 7) is 0. The summed E-state index contributed by atoms with van der Waals surface area (Å²) < 4.78 is 11.5. The summed E-state index contributed by atoms with van der Waals surface area (Å²) >= 11 is 0. The molecule has 256 valence electrons. The van der Waals surface area contributed by atoms with Gasteiger partial charge >= 0.3 is 0 Å². The fraction of sp³-hybridized carbons (Fsp3) is 0. The fourth-order valence-corrected chi connectivity index (χ4v) is 8.93. The van der Waals surface area contributed by atoms with E-state index < -0.39 is 0 Å². The summed E-state index contributed by atoms with van der Waals surface area (Å²) in [6, 6.07) is 70.3. The van der Waals surface area contributed by atoms with Crippen molar-refractivity contribution in [1.82, 2.24) is 9.13 Å². The zero-order chi connectivity index (χ0) is 36.0. The minimum atomic E-state index is 0.900. The van der Waals surface area contributed by atoms with E-state index >= 15 is 0 Å². The average Bonchev–Trinajstić information content (AvgIpc) is 3.91. The molecule has 12 aromatic rings. The third-order valence-electron chi connectivity index (χ3n) is 11.5. The Morgan fingerprint density at radius 3 is 1.78 bits per heavy atom. The Balaban J connectivity index is 1.09. The van der Waals surface area contributed by atoms with E-state index in [1.807, 2.05) is 6.07 Å². The number of furan rings is 1. The number of rotatable bonds is 4. The van der Waals surface area contributed by atoms with Crippen LogP contribution in [0.2, 0.25) is 0 Å². The second-order valence-corrected chi connectivity index (χ2v) is 14.5. The van der Waals surface area contributed by atoms with Gasteiger partial charge in [-0.2, -0.15) is 0 Å². The van der Waals surface area contributed by atoms with Gasteiger partial charge in [0.25, 0.3) is 0 Å². The van der Waals surface area contributed by atoms with Gasteiger partial charge in [0.15, 0.2) is 5.58 Å². The maximum atomic E-state index is 6.72. The minimum absolute atomic E-state index is 0.900. The molecular formula is C52H32N2O. The third kappa shape index (κ3) is 4.50. The van der Waals surface area contributed by atoms with E-state index in [-0.39, 0.29) is 0 Å². The monoisotopic (exact) mass is 700 g/mol. The van der Waals surface area contributed by atoms with Gasteiger partial charge in [0.2, 0.25) is 0 Å². The van der Waals surface area contributed by atoms with E-state index in [0.717, 1.165) is 38.7 Å². The molecule has 3 aromatic heterocycles. The molecule has 0 amide bonds. The smallest absolute Gasteiger partial charge is 0.160 e. The molecule has 0 spiro atoms. The first-order valence-corrected chi connectivity index (χ1v) is 18.8. The number of hydrogen-bond acceptors (Lipinski definition) is 1. The highest BCUT2D eigenvalue weighted by molar-refractivity contribution is 6.22. The Bertz CT molecular complexity index is 3490. The van der Waals surface area contributed by atoms with Crippen molar-refractivity contribution in [2.24, 2.45) is 0 Å². The molecule has 3 heteroatoms. The van der Waals surface area contributed by atoms with Crippen molar-refractivity contribution in [2.45, 2.75) is 0 Å². The van der Waals surface area contributed by atoms with Crippen molar-refractivity contribution < 1.29 is 4.42 Å². The molecule has 0 aliphatic heterocycles. The molecule has 0 saturated heterocycles. The van der Waals surface area contributed by atoms with Crippen LogP contribution in [0.4, 0.5) is 0 Å². The molecule has 0 radical (unpaired) electrons. The van der Waals surface area contributed by atoms with Gasteiger partial charge in [-0.05, 0) is 99.8 Å². The predicted octanol–water partition coefficient (Wildman–Crippen LogP) is 14.3. The molecule has 0 N–H and O–H groups in total. The minimum Gasteiger partial charge on any atom is -0.454 e. The van der Waals surface area contributed by atoms with Gasteiger partial charge in [0.05, 0.1) is 22.1 Å². The standard InChI is InChI=1S/C52H32N2O/c1-2-11-33(12-3-1)36-15-10-16-39(29-36)54-49-28-23-38(32-46(49)43-25-26-44-42-18-7-9-20-50(42)55-52(44)51(43)54)37-22-27-48-45(31-37)41-17-6-8-19-47(41)53(48)40-24-21-34-13-4-5-14-35(34)30-40/h1-32H. The van der Waals surface area contributed by atoms with Crippen molar-refractivity contribution >= 4 is 76.3 Å². The molecule has 3 heterocycles. The largest absolute Gasteiger partial charge is 0.454 e. The Labute approximate surface area is 316 Å². The number of nitrogens with zero attached hydrogens (tertiary/aromatic N) is 2. The number of aromatic nitrogens is 2. The van der Waals surface area contributed by atoms with Gasteiger partial charge in [0, 0.05) is 43.7 Å². The molecule has 0 saturated carbocycles. The molecule has 0 aliphatic carbocycles. The van der Waals surface area contributed by atoms with Gasteiger partial charge in [0.1, 0.15) is 5.58 Å². The SMILES string of the molecule is c1ccc(-c2cccc(-n3c4ccc(-c5ccc6c(c5)c5ccccc5n6-c5ccc6ccccc6c5)cc4c4ccc5c6ccccc6oc5c43)c2)cc1. The van der Waals surface area contributed by atoms with Gasteiger partial charge < -0.3 is 13.6 Å². The third-order valence-corrected chi connectivity index (χ3v) is 11.5. The number of benzene rings is 9. The van der Waals surface area contributed by atoms with Gasteiger partial charge in [-0.15, -0.1) is 0 Å². The van der Waals surface area contributed by atoms with E-state index in [9.17, 15) is 0 Å². The highest BCUT2D eigenvalue weighted by Crippen LogP contribution is 2.43. The average molecular weight is 701 g/mol. The Morgan fingerprint density at radius 1 is 0.309 bits per heavy atom. The molecule has 0 atom stereocenters. The molecule has 0 fully saturated rings. The molecule has 3 nitrogen and oxygen atoms in total. The van der Waals surface area contributed by atoms with Gasteiger partial charge in [-0.25, -0.2) is 0 Å². The highest BCUT2D eigenvalue weighted by atomic mass is 16.3. The van der Waals surface area contributed by atoms with Crippen LogP contribution in [0.3, 0.4) is 0 Å². The molecule has 55 heavy (non-hydrogen) atoms. The van der Waals surface area contributed by atoms with Crippen LogP contribution < -0.4 is 0 Å². The van der Waals surface area contributed by atoms with Gasteiger partial charge in [-0.1, -0.05) is 127 Å². The first kappa shape index (κ1) is 30.1. The Hall–Kier alpha value is -7.36. The van der Waals surface area contributed by atoms with Crippen LogP contribution in [0.5, 0.6) is 0 Å². The quantitative estimate of drug-likeness (QED) is 0.179. The molecule has 0 unspecified atom stereocenters. The first-order valence-electron chi connectivity index (χ1n) is 18.8. The molecule has 12 rings (SSSR count).